The first-order chi connectivity index (χ1) is 7.68. The van der Waals surface area contributed by atoms with Crippen LogP contribution < -0.4 is 5.73 Å². The SMILES string of the molecule is Cc1ccc(S(=O)(=O)CC(C)(C)CN)c(C)c1. The second-order valence-corrected chi connectivity index (χ2v) is 7.35. The van der Waals surface area contributed by atoms with E-state index in [-0.39, 0.29) is 5.75 Å². The molecule has 0 aliphatic rings. The number of sulfone groups is 1. The number of rotatable bonds is 4. The Hall–Kier alpha value is -0.870. The summed E-state index contributed by atoms with van der Waals surface area (Å²) < 4.78 is 24.6. The van der Waals surface area contributed by atoms with Crippen LogP contribution in [-0.2, 0) is 9.84 Å². The van der Waals surface area contributed by atoms with Gasteiger partial charge in [-0.25, -0.2) is 8.42 Å². The molecule has 3 nitrogen and oxygen atoms in total. The lowest BCUT2D eigenvalue weighted by Gasteiger charge is -2.22. The first-order valence-corrected chi connectivity index (χ1v) is 7.33. The minimum absolute atomic E-state index is 0.0837. The standard InChI is InChI=1S/C13H21NO2S/c1-10-5-6-12(11(2)7-10)17(15,16)9-13(3,4)8-14/h5-7H,8-9,14H2,1-4H3. The summed E-state index contributed by atoms with van der Waals surface area (Å²) in [6, 6.07) is 5.41. The lowest BCUT2D eigenvalue weighted by molar-refractivity contribution is 0.425. The van der Waals surface area contributed by atoms with E-state index >= 15 is 0 Å². The Morgan fingerprint density at radius 1 is 1.24 bits per heavy atom. The molecule has 0 unspecified atom stereocenters. The van der Waals surface area contributed by atoms with Gasteiger partial charge in [-0.15, -0.1) is 0 Å². The second-order valence-electron chi connectivity index (χ2n) is 5.40. The Labute approximate surface area is 104 Å². The minimum Gasteiger partial charge on any atom is -0.330 e. The molecular formula is C13H21NO2S. The first kappa shape index (κ1) is 14.2. The van der Waals surface area contributed by atoms with E-state index in [1.165, 1.54) is 0 Å². The lowest BCUT2D eigenvalue weighted by Crippen LogP contribution is -2.32. The lowest BCUT2D eigenvalue weighted by atomic mass is 9.97. The van der Waals surface area contributed by atoms with Gasteiger partial charge in [0.25, 0.3) is 0 Å². The highest BCUT2D eigenvalue weighted by molar-refractivity contribution is 7.91. The summed E-state index contributed by atoms with van der Waals surface area (Å²) in [5.74, 6) is 0.0837. The zero-order valence-corrected chi connectivity index (χ0v) is 11.8. The molecule has 0 atom stereocenters. The van der Waals surface area contributed by atoms with E-state index in [0.29, 0.717) is 11.4 Å². The zero-order valence-electron chi connectivity index (χ0n) is 10.9. The van der Waals surface area contributed by atoms with E-state index in [2.05, 4.69) is 0 Å². The van der Waals surface area contributed by atoms with Gasteiger partial charge in [0.15, 0.2) is 9.84 Å². The Bertz CT molecular complexity index is 504. The van der Waals surface area contributed by atoms with Gasteiger partial charge >= 0.3 is 0 Å². The monoisotopic (exact) mass is 255 g/mol. The molecule has 4 heteroatoms. The molecule has 1 aromatic rings. The fourth-order valence-electron chi connectivity index (χ4n) is 1.80. The van der Waals surface area contributed by atoms with Crippen LogP contribution >= 0.6 is 0 Å². The van der Waals surface area contributed by atoms with Gasteiger partial charge in [0.2, 0.25) is 0 Å². The number of nitrogens with two attached hydrogens (primary N) is 1. The van der Waals surface area contributed by atoms with Crippen LogP contribution in [0.3, 0.4) is 0 Å². The van der Waals surface area contributed by atoms with E-state index in [0.717, 1.165) is 11.1 Å². The van der Waals surface area contributed by atoms with Crippen LogP contribution in [0.1, 0.15) is 25.0 Å². The Kier molecular flexibility index (Phi) is 3.99. The summed E-state index contributed by atoms with van der Waals surface area (Å²) in [7, 11) is -3.26. The molecule has 1 rings (SSSR count). The highest BCUT2D eigenvalue weighted by Crippen LogP contribution is 2.24. The predicted molar refractivity (Wildman–Crippen MR) is 70.8 cm³/mol. The third-order valence-electron chi connectivity index (χ3n) is 2.80. The average Bonchev–Trinajstić information content (AvgIpc) is 2.15. The molecule has 0 aromatic heterocycles. The number of aryl methyl sites for hydroxylation is 2. The van der Waals surface area contributed by atoms with E-state index in [1.54, 1.807) is 6.07 Å². The van der Waals surface area contributed by atoms with Gasteiger partial charge in [0, 0.05) is 0 Å². The van der Waals surface area contributed by atoms with Crippen molar-refractivity contribution in [2.24, 2.45) is 11.1 Å². The molecule has 0 bridgehead atoms. The molecule has 0 aliphatic heterocycles. The van der Waals surface area contributed by atoms with Gasteiger partial charge in [-0.05, 0) is 37.4 Å². The molecule has 0 aliphatic carbocycles. The molecule has 0 saturated carbocycles. The molecular weight excluding hydrogens is 234 g/mol. The maximum absolute atomic E-state index is 12.3. The van der Waals surface area contributed by atoms with Crippen molar-refractivity contribution in [2.75, 3.05) is 12.3 Å². The van der Waals surface area contributed by atoms with Crippen molar-refractivity contribution in [3.05, 3.63) is 29.3 Å². The van der Waals surface area contributed by atoms with Gasteiger partial charge in [-0.2, -0.15) is 0 Å². The Morgan fingerprint density at radius 3 is 2.29 bits per heavy atom. The van der Waals surface area contributed by atoms with Crippen LogP contribution in [0.25, 0.3) is 0 Å². The van der Waals surface area contributed by atoms with Crippen molar-refractivity contribution in [3.8, 4) is 0 Å². The molecule has 0 spiro atoms. The van der Waals surface area contributed by atoms with Crippen molar-refractivity contribution < 1.29 is 8.42 Å². The molecule has 1 aromatic carbocycles. The molecule has 2 N–H and O–H groups in total. The molecule has 0 fully saturated rings. The second kappa shape index (κ2) is 4.78. The third kappa shape index (κ3) is 3.54. The van der Waals surface area contributed by atoms with E-state index in [1.807, 2.05) is 39.8 Å². The molecule has 17 heavy (non-hydrogen) atoms. The van der Waals surface area contributed by atoms with Gasteiger partial charge < -0.3 is 5.73 Å². The maximum atomic E-state index is 12.3. The van der Waals surface area contributed by atoms with E-state index < -0.39 is 15.3 Å². The number of benzene rings is 1. The number of hydrogen-bond acceptors (Lipinski definition) is 3. The summed E-state index contributed by atoms with van der Waals surface area (Å²) in [6.07, 6.45) is 0. The molecule has 0 saturated heterocycles. The zero-order chi connectivity index (χ0) is 13.3. The highest BCUT2D eigenvalue weighted by Gasteiger charge is 2.27. The smallest absolute Gasteiger partial charge is 0.179 e. The topological polar surface area (TPSA) is 60.2 Å². The van der Waals surface area contributed by atoms with Crippen LogP contribution in [0.5, 0.6) is 0 Å². The highest BCUT2D eigenvalue weighted by atomic mass is 32.2. The third-order valence-corrected chi connectivity index (χ3v) is 5.09. The Morgan fingerprint density at radius 2 is 1.82 bits per heavy atom. The summed E-state index contributed by atoms with van der Waals surface area (Å²) in [5, 5.41) is 0. The Balaban J connectivity index is 3.14. The van der Waals surface area contributed by atoms with Gasteiger partial charge in [-0.3, -0.25) is 0 Å². The summed E-state index contributed by atoms with van der Waals surface area (Å²) in [5.41, 5.74) is 7.07. The molecule has 0 heterocycles. The normalized spacial score (nSPS) is 12.8. The summed E-state index contributed by atoms with van der Waals surface area (Å²) in [6.45, 7) is 7.88. The molecule has 0 radical (unpaired) electrons. The van der Waals surface area contributed by atoms with Crippen molar-refractivity contribution in [2.45, 2.75) is 32.6 Å². The van der Waals surface area contributed by atoms with Gasteiger partial charge in [0.1, 0.15) is 0 Å². The summed E-state index contributed by atoms with van der Waals surface area (Å²) >= 11 is 0. The molecule has 96 valence electrons. The van der Waals surface area contributed by atoms with Crippen molar-refractivity contribution in [3.63, 3.8) is 0 Å². The van der Waals surface area contributed by atoms with Crippen LogP contribution in [0.15, 0.2) is 23.1 Å². The van der Waals surface area contributed by atoms with Crippen molar-refractivity contribution in [1.82, 2.24) is 0 Å². The first-order valence-electron chi connectivity index (χ1n) is 5.68. The van der Waals surface area contributed by atoms with Crippen LogP contribution in [0.2, 0.25) is 0 Å². The maximum Gasteiger partial charge on any atom is 0.179 e. The molecule has 0 amide bonds. The average molecular weight is 255 g/mol. The fraction of sp³-hybridized carbons (Fsp3) is 0.538. The van der Waals surface area contributed by atoms with Crippen LogP contribution in [0.4, 0.5) is 0 Å². The van der Waals surface area contributed by atoms with Crippen LogP contribution in [-0.4, -0.2) is 20.7 Å². The van der Waals surface area contributed by atoms with Crippen molar-refractivity contribution >= 4 is 9.84 Å². The van der Waals surface area contributed by atoms with E-state index in [9.17, 15) is 8.42 Å². The predicted octanol–water partition coefficient (Wildman–Crippen LogP) is 2.06. The van der Waals surface area contributed by atoms with Crippen molar-refractivity contribution in [1.29, 1.82) is 0 Å². The number of hydrogen-bond donors (Lipinski definition) is 1. The fourth-order valence-corrected chi connectivity index (χ4v) is 3.93. The van der Waals surface area contributed by atoms with Gasteiger partial charge in [-0.1, -0.05) is 31.5 Å². The largest absolute Gasteiger partial charge is 0.330 e. The summed E-state index contributed by atoms with van der Waals surface area (Å²) in [4.78, 5) is 0.421. The van der Waals surface area contributed by atoms with Crippen LogP contribution in [0, 0.1) is 19.3 Å². The minimum atomic E-state index is -3.26. The van der Waals surface area contributed by atoms with Gasteiger partial charge in [0.05, 0.1) is 10.6 Å². The van der Waals surface area contributed by atoms with E-state index in [4.69, 9.17) is 5.73 Å². The quantitative estimate of drug-likeness (QED) is 0.896.